The Morgan fingerprint density at radius 3 is 2.00 bits per heavy atom. The molecule has 0 spiro atoms. The number of carboxylic acid groups (broad SMARTS) is 1. The van der Waals surface area contributed by atoms with Crippen LogP contribution in [0.2, 0.25) is 0 Å². The number of rotatable bonds is 7. The van der Waals surface area contributed by atoms with Gasteiger partial charge in [-0.25, -0.2) is 0 Å². The minimum Gasteiger partial charge on any atom is -0.493 e. The van der Waals surface area contributed by atoms with E-state index in [9.17, 15) is 4.79 Å². The minimum atomic E-state index is -0.250. The molecule has 1 aromatic heterocycles. The van der Waals surface area contributed by atoms with Crippen molar-refractivity contribution in [3.8, 4) is 11.5 Å². The topological polar surface area (TPSA) is 72.8 Å². The van der Waals surface area contributed by atoms with Crippen LogP contribution in [0.3, 0.4) is 0 Å². The van der Waals surface area contributed by atoms with Crippen LogP contribution in [0.15, 0.2) is 18.2 Å². The second-order valence-corrected chi connectivity index (χ2v) is 7.99. The van der Waals surface area contributed by atoms with Gasteiger partial charge in [0.2, 0.25) is 0 Å². The summed E-state index contributed by atoms with van der Waals surface area (Å²) in [5.41, 5.74) is 0. The number of benzene rings is 1. The molecule has 1 heterocycles. The van der Waals surface area contributed by atoms with E-state index < -0.39 is 0 Å². The molecule has 2 rings (SSSR count). The van der Waals surface area contributed by atoms with Crippen molar-refractivity contribution in [1.82, 2.24) is 0 Å². The van der Waals surface area contributed by atoms with Gasteiger partial charge in [-0.05, 0) is 29.4 Å². The molecule has 5 nitrogen and oxygen atoms in total. The number of carbonyl (C=O) groups excluding carboxylic acids is 1. The Balaban J connectivity index is 0.000000777. The lowest BCUT2D eigenvalue weighted by atomic mass is 10.0. The number of fused-ring (bicyclic) bond motifs is 1. The zero-order valence-corrected chi connectivity index (χ0v) is 18.9. The fraction of sp³-hybridized carbons (Fsp3) is 0.545. The molecule has 0 bridgehead atoms. The van der Waals surface area contributed by atoms with Gasteiger partial charge in [-0.3, -0.25) is 9.59 Å². The Labute approximate surface area is 172 Å². The predicted molar refractivity (Wildman–Crippen MR) is 117 cm³/mol. The molecule has 1 N–H and O–H groups in total. The maximum atomic E-state index is 12.2. The van der Waals surface area contributed by atoms with Crippen LogP contribution in [-0.4, -0.2) is 31.6 Å². The number of Topliss-reactive ketones (excluding diaryl/α,β-unsaturated/α-hetero) is 1. The number of thiophene rings is 1. The van der Waals surface area contributed by atoms with Crippen molar-refractivity contribution < 1.29 is 24.2 Å². The first-order chi connectivity index (χ1) is 13.3. The lowest BCUT2D eigenvalue weighted by Gasteiger charge is -2.06. The van der Waals surface area contributed by atoms with Crippen LogP contribution in [0, 0.1) is 11.8 Å². The van der Waals surface area contributed by atoms with Crippen LogP contribution in [-0.2, 0) is 4.79 Å². The van der Waals surface area contributed by atoms with Gasteiger partial charge in [-0.15, -0.1) is 11.3 Å². The van der Waals surface area contributed by atoms with Crippen LogP contribution in [0.1, 0.15) is 63.6 Å². The van der Waals surface area contributed by atoms with E-state index in [1.165, 1.54) is 17.8 Å². The molecule has 0 saturated carbocycles. The number of ketones is 1. The first kappa shape index (κ1) is 25.9. The van der Waals surface area contributed by atoms with E-state index in [-0.39, 0.29) is 12.3 Å². The van der Waals surface area contributed by atoms with Gasteiger partial charge < -0.3 is 14.6 Å². The highest BCUT2D eigenvalue weighted by atomic mass is 32.1. The minimum absolute atomic E-state index is 0.221. The molecule has 0 aliphatic rings. The summed E-state index contributed by atoms with van der Waals surface area (Å²) in [7, 11) is 3.23. The van der Waals surface area contributed by atoms with Gasteiger partial charge in [0.1, 0.15) is 0 Å². The van der Waals surface area contributed by atoms with E-state index in [0.717, 1.165) is 27.3 Å². The van der Waals surface area contributed by atoms with E-state index in [1.54, 1.807) is 14.2 Å². The summed E-state index contributed by atoms with van der Waals surface area (Å²) in [5.74, 6) is 2.92. The zero-order chi connectivity index (χ0) is 21.7. The van der Waals surface area contributed by atoms with Crippen molar-refractivity contribution >= 4 is 33.7 Å². The largest absolute Gasteiger partial charge is 0.493 e. The van der Waals surface area contributed by atoms with Gasteiger partial charge in [-0.2, -0.15) is 0 Å². The third kappa shape index (κ3) is 8.74. The Morgan fingerprint density at radius 1 is 1.07 bits per heavy atom. The molecule has 0 aliphatic carbocycles. The molecular formula is C22H34O5S. The highest BCUT2D eigenvalue weighted by Gasteiger charge is 2.15. The van der Waals surface area contributed by atoms with Crippen LogP contribution >= 0.6 is 11.3 Å². The second-order valence-electron chi connectivity index (χ2n) is 6.90. The molecule has 0 aliphatic heterocycles. The summed E-state index contributed by atoms with van der Waals surface area (Å²) in [4.78, 5) is 21.4. The smallest absolute Gasteiger partial charge is 0.290 e. The number of ether oxygens (including phenoxy) is 2. The van der Waals surface area contributed by atoms with E-state index in [0.29, 0.717) is 23.8 Å². The van der Waals surface area contributed by atoms with Crippen molar-refractivity contribution in [2.45, 2.75) is 53.9 Å². The van der Waals surface area contributed by atoms with Crippen LogP contribution in [0.4, 0.5) is 0 Å². The highest BCUT2D eigenvalue weighted by molar-refractivity contribution is 7.20. The molecule has 158 valence electrons. The summed E-state index contributed by atoms with van der Waals surface area (Å²) in [6.07, 6.45) is 2.94. The van der Waals surface area contributed by atoms with Crippen LogP contribution in [0.25, 0.3) is 10.1 Å². The molecule has 0 saturated heterocycles. The van der Waals surface area contributed by atoms with Gasteiger partial charge in [0.05, 0.1) is 19.1 Å². The Kier molecular flexibility index (Phi) is 13.0. The molecule has 1 aromatic carbocycles. The summed E-state index contributed by atoms with van der Waals surface area (Å²) in [6, 6.07) is 5.80. The van der Waals surface area contributed by atoms with Crippen LogP contribution in [0.5, 0.6) is 11.5 Å². The molecule has 0 amide bonds. The fourth-order valence-corrected chi connectivity index (χ4v) is 3.09. The summed E-state index contributed by atoms with van der Waals surface area (Å²) in [5, 5.41) is 7.92. The third-order valence-corrected chi connectivity index (χ3v) is 5.48. The SMILES string of the molecule is CCC(C)C.CCC(C)CC(=O)c1cc2cc(OC)c(OC)cc2s1.O=CO. The van der Waals surface area contributed by atoms with Crippen molar-refractivity contribution in [3.05, 3.63) is 23.1 Å². The molecule has 0 fully saturated rings. The molecule has 2 aromatic rings. The average Bonchev–Trinajstić information content (AvgIpc) is 3.10. The van der Waals surface area contributed by atoms with Gasteiger partial charge in [0.25, 0.3) is 6.47 Å². The number of carbonyl (C=O) groups is 2. The number of hydrogen-bond donors (Lipinski definition) is 1. The summed E-state index contributed by atoms with van der Waals surface area (Å²) >= 11 is 1.52. The summed E-state index contributed by atoms with van der Waals surface area (Å²) in [6.45, 7) is 10.6. The molecule has 1 atom stereocenters. The van der Waals surface area contributed by atoms with Gasteiger partial charge >= 0.3 is 0 Å². The number of hydrogen-bond acceptors (Lipinski definition) is 5. The maximum Gasteiger partial charge on any atom is 0.290 e. The molecular weight excluding hydrogens is 376 g/mol. The Morgan fingerprint density at radius 2 is 1.57 bits per heavy atom. The Hall–Kier alpha value is -2.08. The third-order valence-electron chi connectivity index (χ3n) is 4.34. The lowest BCUT2D eigenvalue weighted by molar-refractivity contribution is -0.122. The summed E-state index contributed by atoms with van der Waals surface area (Å²) < 4.78 is 11.6. The maximum absolute atomic E-state index is 12.2. The normalized spacial score (nSPS) is 11.0. The second kappa shape index (κ2) is 14.0. The molecule has 1 unspecified atom stereocenters. The molecule has 28 heavy (non-hydrogen) atoms. The first-order valence-corrected chi connectivity index (χ1v) is 10.4. The quantitative estimate of drug-likeness (QED) is 0.429. The molecule has 0 radical (unpaired) electrons. The zero-order valence-electron chi connectivity index (χ0n) is 18.1. The van der Waals surface area contributed by atoms with Crippen molar-refractivity contribution in [2.75, 3.05) is 14.2 Å². The predicted octanol–water partition coefficient (Wildman–Crippen LogP) is 6.29. The van der Waals surface area contributed by atoms with Gasteiger partial charge in [-0.1, -0.05) is 47.5 Å². The molecule has 6 heteroatoms. The monoisotopic (exact) mass is 410 g/mol. The highest BCUT2D eigenvalue weighted by Crippen LogP contribution is 2.36. The first-order valence-electron chi connectivity index (χ1n) is 9.54. The van der Waals surface area contributed by atoms with Crippen LogP contribution < -0.4 is 9.47 Å². The van der Waals surface area contributed by atoms with Gasteiger partial charge in [0.15, 0.2) is 17.3 Å². The average molecular weight is 411 g/mol. The Bertz CT molecular complexity index is 680. The van der Waals surface area contributed by atoms with E-state index >= 15 is 0 Å². The van der Waals surface area contributed by atoms with Crippen molar-refractivity contribution in [1.29, 1.82) is 0 Å². The standard InChI is InChI=1S/C16H20O3S.C5H12.CH2O2/c1-5-10(2)6-12(17)16-8-11-7-13(18-3)14(19-4)9-15(11)20-16;1-4-5(2)3;2-1-3/h7-10H,5-6H2,1-4H3;5H,4H2,1-3H3;1H,(H,2,3). The van der Waals surface area contributed by atoms with E-state index in [1.807, 2.05) is 18.2 Å². The van der Waals surface area contributed by atoms with E-state index in [2.05, 4.69) is 34.6 Å². The van der Waals surface area contributed by atoms with E-state index in [4.69, 9.17) is 19.4 Å². The van der Waals surface area contributed by atoms with Crippen molar-refractivity contribution in [2.24, 2.45) is 11.8 Å². The fourth-order valence-electron chi connectivity index (χ4n) is 2.07. The lowest BCUT2D eigenvalue weighted by Crippen LogP contribution is -2.03. The van der Waals surface area contributed by atoms with Gasteiger partial charge in [0, 0.05) is 17.2 Å². The van der Waals surface area contributed by atoms with Crippen molar-refractivity contribution in [3.63, 3.8) is 0 Å². The number of methoxy groups -OCH3 is 2.